The van der Waals surface area contributed by atoms with E-state index in [-0.39, 0.29) is 5.97 Å². The van der Waals surface area contributed by atoms with Crippen molar-refractivity contribution in [3.05, 3.63) is 5.56 Å². The van der Waals surface area contributed by atoms with Crippen LogP contribution in [0.4, 0.5) is 10.8 Å². The molecule has 0 radical (unpaired) electrons. The first-order valence-electron chi connectivity index (χ1n) is 6.89. The fourth-order valence-electron chi connectivity index (χ4n) is 2.25. The Kier molecular flexibility index (Phi) is 3.35. The fraction of sp³-hybridized carbons (Fsp3) is 0.692. The first kappa shape index (κ1) is 12.7. The maximum atomic E-state index is 12.0. The zero-order valence-corrected chi connectivity index (χ0v) is 11.9. The lowest BCUT2D eigenvalue weighted by molar-refractivity contribution is 0.0528. The fourth-order valence-corrected chi connectivity index (χ4v) is 3.13. The van der Waals surface area contributed by atoms with Gasteiger partial charge in [-0.15, -0.1) is 0 Å². The van der Waals surface area contributed by atoms with Gasteiger partial charge in [-0.3, -0.25) is 0 Å². The van der Waals surface area contributed by atoms with Crippen molar-refractivity contribution >= 4 is 28.3 Å². The van der Waals surface area contributed by atoms with Gasteiger partial charge in [0.05, 0.1) is 6.61 Å². The third-order valence-electron chi connectivity index (χ3n) is 3.58. The van der Waals surface area contributed by atoms with Gasteiger partial charge in [0.1, 0.15) is 10.6 Å². The molecule has 2 N–H and O–H groups in total. The summed E-state index contributed by atoms with van der Waals surface area (Å²) in [5.41, 5.74) is 6.32. The molecule has 5 nitrogen and oxygen atoms in total. The Labute approximate surface area is 116 Å². The maximum absolute atomic E-state index is 12.0. The van der Waals surface area contributed by atoms with Crippen LogP contribution in [0.5, 0.6) is 0 Å². The van der Waals surface area contributed by atoms with Gasteiger partial charge in [0.25, 0.3) is 0 Å². The van der Waals surface area contributed by atoms with Crippen LogP contribution in [0.3, 0.4) is 0 Å². The molecule has 0 bridgehead atoms. The van der Waals surface area contributed by atoms with Crippen molar-refractivity contribution in [1.82, 2.24) is 4.37 Å². The number of ether oxygens (including phenoxy) is 1. The Morgan fingerprint density at radius 1 is 1.47 bits per heavy atom. The molecule has 1 aromatic heterocycles. The lowest BCUT2D eigenvalue weighted by atomic mass is 10.2. The number of nitrogen functional groups attached to an aromatic ring is 1. The van der Waals surface area contributed by atoms with E-state index in [1.165, 1.54) is 37.2 Å². The van der Waals surface area contributed by atoms with E-state index in [0.29, 0.717) is 24.0 Å². The van der Waals surface area contributed by atoms with Crippen molar-refractivity contribution in [2.75, 3.05) is 23.8 Å². The Hall–Kier alpha value is -1.30. The predicted molar refractivity (Wildman–Crippen MR) is 75.6 cm³/mol. The SMILES string of the molecule is CCOC(=O)c1c(N)nsc1N(CC1CC1)C1CC1. The number of carbonyl (C=O) groups excluding carboxylic acids is 1. The van der Waals surface area contributed by atoms with Gasteiger partial charge in [-0.05, 0) is 50.1 Å². The highest BCUT2D eigenvalue weighted by molar-refractivity contribution is 7.11. The van der Waals surface area contributed by atoms with Gasteiger partial charge in [0.2, 0.25) is 0 Å². The minimum absolute atomic E-state index is 0.305. The Morgan fingerprint density at radius 3 is 2.79 bits per heavy atom. The average Bonchev–Trinajstić information content (AvgIpc) is 3.25. The van der Waals surface area contributed by atoms with E-state index in [1.54, 1.807) is 6.92 Å². The van der Waals surface area contributed by atoms with Crippen molar-refractivity contribution in [2.45, 2.75) is 38.6 Å². The Morgan fingerprint density at radius 2 is 2.21 bits per heavy atom. The molecule has 2 aliphatic carbocycles. The third-order valence-corrected chi connectivity index (χ3v) is 4.48. The van der Waals surface area contributed by atoms with E-state index in [9.17, 15) is 4.79 Å². The van der Waals surface area contributed by atoms with E-state index < -0.39 is 0 Å². The minimum atomic E-state index is -0.342. The first-order chi connectivity index (χ1) is 9.20. The van der Waals surface area contributed by atoms with Gasteiger partial charge in [-0.1, -0.05) is 0 Å². The maximum Gasteiger partial charge on any atom is 0.345 e. The van der Waals surface area contributed by atoms with Crippen molar-refractivity contribution in [3.63, 3.8) is 0 Å². The number of hydrogen-bond donors (Lipinski definition) is 1. The van der Waals surface area contributed by atoms with Crippen LogP contribution < -0.4 is 10.6 Å². The van der Waals surface area contributed by atoms with Crippen LogP contribution in [0.15, 0.2) is 0 Å². The molecule has 2 saturated carbocycles. The summed E-state index contributed by atoms with van der Waals surface area (Å²) in [5.74, 6) is 0.740. The highest BCUT2D eigenvalue weighted by Gasteiger charge is 2.37. The Bertz CT molecular complexity index is 480. The highest BCUT2D eigenvalue weighted by Crippen LogP contribution is 2.42. The summed E-state index contributed by atoms with van der Waals surface area (Å²) >= 11 is 1.33. The van der Waals surface area contributed by atoms with E-state index in [2.05, 4.69) is 9.27 Å². The van der Waals surface area contributed by atoms with Crippen molar-refractivity contribution in [1.29, 1.82) is 0 Å². The molecule has 1 aromatic rings. The predicted octanol–water partition coefficient (Wildman–Crippen LogP) is 2.28. The van der Waals surface area contributed by atoms with E-state index >= 15 is 0 Å². The average molecular weight is 281 g/mol. The van der Waals surface area contributed by atoms with Crippen LogP contribution in [-0.4, -0.2) is 29.5 Å². The topological polar surface area (TPSA) is 68.5 Å². The number of hydrogen-bond acceptors (Lipinski definition) is 6. The van der Waals surface area contributed by atoms with Gasteiger partial charge >= 0.3 is 5.97 Å². The van der Waals surface area contributed by atoms with Crippen LogP contribution in [0.25, 0.3) is 0 Å². The minimum Gasteiger partial charge on any atom is -0.462 e. The van der Waals surface area contributed by atoms with E-state index in [0.717, 1.165) is 17.5 Å². The third kappa shape index (κ3) is 2.68. The zero-order valence-electron chi connectivity index (χ0n) is 11.1. The van der Waals surface area contributed by atoms with E-state index in [1.807, 2.05) is 0 Å². The number of esters is 1. The van der Waals surface area contributed by atoms with Crippen LogP contribution in [-0.2, 0) is 4.74 Å². The molecular formula is C13H19N3O2S. The van der Waals surface area contributed by atoms with Crippen LogP contribution >= 0.6 is 11.5 Å². The molecule has 2 aliphatic rings. The molecule has 3 rings (SSSR count). The number of aromatic nitrogens is 1. The zero-order chi connectivity index (χ0) is 13.4. The molecule has 0 atom stereocenters. The molecule has 1 heterocycles. The number of anilines is 2. The van der Waals surface area contributed by atoms with Gasteiger partial charge in [0.15, 0.2) is 5.82 Å². The second-order valence-electron chi connectivity index (χ2n) is 5.30. The monoisotopic (exact) mass is 281 g/mol. The van der Waals surface area contributed by atoms with Gasteiger partial charge < -0.3 is 15.4 Å². The lowest BCUT2D eigenvalue weighted by Crippen LogP contribution is -2.29. The van der Waals surface area contributed by atoms with Crippen molar-refractivity contribution in [3.8, 4) is 0 Å². The molecule has 104 valence electrons. The summed E-state index contributed by atoms with van der Waals surface area (Å²) in [6, 6.07) is 0.564. The van der Waals surface area contributed by atoms with Crippen molar-refractivity contribution in [2.24, 2.45) is 5.92 Å². The summed E-state index contributed by atoms with van der Waals surface area (Å²) in [7, 11) is 0. The standard InChI is InChI=1S/C13H19N3O2S/c1-2-18-13(17)10-11(14)15-19-12(10)16(9-5-6-9)7-8-3-4-8/h8-9H,2-7H2,1H3,(H2,14,15). The van der Waals surface area contributed by atoms with Crippen LogP contribution in [0, 0.1) is 5.92 Å². The largest absolute Gasteiger partial charge is 0.462 e. The quantitative estimate of drug-likeness (QED) is 0.810. The van der Waals surface area contributed by atoms with Gasteiger partial charge in [0, 0.05) is 12.6 Å². The normalized spacial score (nSPS) is 18.4. The molecule has 0 amide bonds. The number of nitrogens with two attached hydrogens (primary N) is 1. The second kappa shape index (κ2) is 5.00. The Balaban J connectivity index is 1.86. The van der Waals surface area contributed by atoms with Crippen molar-refractivity contribution < 1.29 is 9.53 Å². The molecule has 0 aromatic carbocycles. The molecule has 6 heteroatoms. The van der Waals surface area contributed by atoms with Crippen LogP contribution in [0.2, 0.25) is 0 Å². The number of rotatable bonds is 6. The number of carbonyl (C=O) groups is 1. The molecule has 0 spiro atoms. The lowest BCUT2D eigenvalue weighted by Gasteiger charge is -2.23. The van der Waals surface area contributed by atoms with Gasteiger partial charge in [-0.2, -0.15) is 4.37 Å². The number of nitrogens with zero attached hydrogens (tertiary/aromatic N) is 2. The van der Waals surface area contributed by atoms with Gasteiger partial charge in [-0.25, -0.2) is 4.79 Å². The smallest absolute Gasteiger partial charge is 0.345 e. The summed E-state index contributed by atoms with van der Waals surface area (Å²) in [4.78, 5) is 14.4. The van der Waals surface area contributed by atoms with Crippen LogP contribution in [0.1, 0.15) is 43.0 Å². The highest BCUT2D eigenvalue weighted by atomic mass is 32.1. The molecule has 19 heavy (non-hydrogen) atoms. The molecule has 0 unspecified atom stereocenters. The summed E-state index contributed by atoms with van der Waals surface area (Å²) < 4.78 is 9.26. The van der Waals surface area contributed by atoms with E-state index in [4.69, 9.17) is 10.5 Å². The second-order valence-corrected chi connectivity index (χ2v) is 6.05. The molecular weight excluding hydrogens is 262 g/mol. The summed E-state index contributed by atoms with van der Waals surface area (Å²) in [6.07, 6.45) is 5.00. The summed E-state index contributed by atoms with van der Waals surface area (Å²) in [5, 5.41) is 0.908. The molecule has 2 fully saturated rings. The molecule has 0 saturated heterocycles. The summed E-state index contributed by atoms with van der Waals surface area (Å²) in [6.45, 7) is 3.19. The molecule has 0 aliphatic heterocycles. The first-order valence-corrected chi connectivity index (χ1v) is 7.67.